The first-order valence-corrected chi connectivity index (χ1v) is 6.55. The highest BCUT2D eigenvalue weighted by atomic mass is 16.7. The second kappa shape index (κ2) is 5.33. The van der Waals surface area contributed by atoms with Gasteiger partial charge in [0, 0.05) is 17.6 Å². The molecule has 0 aliphatic carbocycles. The van der Waals surface area contributed by atoms with E-state index in [-0.39, 0.29) is 5.56 Å². The van der Waals surface area contributed by atoms with Crippen LogP contribution in [0.2, 0.25) is 0 Å². The lowest BCUT2D eigenvalue weighted by Crippen LogP contribution is -2.04. The number of carbonyl (C=O) groups excluding carboxylic acids is 1. The van der Waals surface area contributed by atoms with E-state index in [2.05, 4.69) is 9.99 Å². The van der Waals surface area contributed by atoms with Crippen LogP contribution in [0.15, 0.2) is 53.3 Å². The molecule has 1 aliphatic heterocycles. The van der Waals surface area contributed by atoms with Gasteiger partial charge in [-0.2, -0.15) is 0 Å². The Morgan fingerprint density at radius 1 is 1.27 bits per heavy atom. The number of carbonyl (C=O) groups is 2. The van der Waals surface area contributed by atoms with Gasteiger partial charge in [-0.15, -0.1) is 0 Å². The third-order valence-corrected chi connectivity index (χ3v) is 3.34. The van der Waals surface area contributed by atoms with E-state index in [4.69, 9.17) is 5.11 Å². The van der Waals surface area contributed by atoms with E-state index >= 15 is 0 Å². The highest BCUT2D eigenvalue weighted by Crippen LogP contribution is 2.19. The maximum Gasteiger partial charge on any atom is 0.367 e. The van der Waals surface area contributed by atoms with Crippen LogP contribution in [-0.4, -0.2) is 27.3 Å². The van der Waals surface area contributed by atoms with E-state index in [1.807, 2.05) is 22.9 Å². The zero-order valence-corrected chi connectivity index (χ0v) is 11.7. The Labute approximate surface area is 125 Å². The van der Waals surface area contributed by atoms with E-state index in [0.717, 1.165) is 11.4 Å². The fraction of sp³-hybridized carbons (Fsp3) is 0.0625. The van der Waals surface area contributed by atoms with Crippen molar-refractivity contribution < 1.29 is 19.5 Å². The number of aromatic carboxylic acids is 1. The Kier molecular flexibility index (Phi) is 3.34. The molecule has 110 valence electrons. The molecule has 0 radical (unpaired) electrons. The molecule has 6 heteroatoms. The number of hydrogen-bond acceptors (Lipinski definition) is 4. The highest BCUT2D eigenvalue weighted by molar-refractivity contribution is 6.24. The summed E-state index contributed by atoms with van der Waals surface area (Å²) in [5, 5.41) is 12.6. The molecule has 0 unspecified atom stereocenters. The van der Waals surface area contributed by atoms with E-state index in [0.29, 0.717) is 11.3 Å². The average molecular weight is 296 g/mol. The van der Waals surface area contributed by atoms with Crippen molar-refractivity contribution >= 4 is 23.7 Å². The third kappa shape index (κ3) is 2.42. The first-order valence-electron chi connectivity index (χ1n) is 6.55. The summed E-state index contributed by atoms with van der Waals surface area (Å²) in [7, 11) is 0. The lowest BCUT2D eigenvalue weighted by molar-refractivity contribution is -0.136. The molecule has 3 rings (SSSR count). The summed E-state index contributed by atoms with van der Waals surface area (Å²) in [6.07, 6.45) is 3.52. The Morgan fingerprint density at radius 2 is 2.00 bits per heavy atom. The zero-order chi connectivity index (χ0) is 15.7. The summed E-state index contributed by atoms with van der Waals surface area (Å²) in [5.74, 6) is -1.45. The summed E-state index contributed by atoms with van der Waals surface area (Å²) in [6.45, 7) is 1.70. The molecule has 0 saturated carbocycles. The molecule has 0 saturated heterocycles. The predicted octanol–water partition coefficient (Wildman–Crippen LogP) is 2.49. The summed E-state index contributed by atoms with van der Waals surface area (Å²) in [4.78, 5) is 27.1. The minimum Gasteiger partial charge on any atom is -0.478 e. The molecule has 0 amide bonds. The molecule has 1 N–H and O–H groups in total. The summed E-state index contributed by atoms with van der Waals surface area (Å²) < 4.78 is 1.84. The van der Waals surface area contributed by atoms with Gasteiger partial charge < -0.3 is 14.5 Å². The smallest absolute Gasteiger partial charge is 0.367 e. The monoisotopic (exact) mass is 296 g/mol. The molecule has 0 fully saturated rings. The molecule has 2 heterocycles. The van der Waals surface area contributed by atoms with Gasteiger partial charge in [-0.05, 0) is 49.4 Å². The Hall–Kier alpha value is -3.15. The van der Waals surface area contributed by atoms with Gasteiger partial charge in [0.25, 0.3) is 0 Å². The fourth-order valence-corrected chi connectivity index (χ4v) is 2.18. The number of carboxylic acids is 1. The van der Waals surface area contributed by atoms with Crippen molar-refractivity contribution in [2.45, 2.75) is 6.92 Å². The first kappa shape index (κ1) is 13.8. The van der Waals surface area contributed by atoms with E-state index in [1.165, 1.54) is 12.1 Å². The largest absolute Gasteiger partial charge is 0.478 e. The molecule has 1 aromatic heterocycles. The van der Waals surface area contributed by atoms with Crippen molar-refractivity contribution in [1.29, 1.82) is 0 Å². The van der Waals surface area contributed by atoms with Crippen molar-refractivity contribution in [3.05, 3.63) is 59.4 Å². The number of benzene rings is 1. The number of carboxylic acid groups (broad SMARTS) is 1. The molecule has 0 spiro atoms. The average Bonchev–Trinajstić information content (AvgIpc) is 3.09. The van der Waals surface area contributed by atoms with Crippen LogP contribution in [0.4, 0.5) is 0 Å². The molecule has 1 aliphatic rings. The standard InChI is InChI=1S/C16H12N2O4/c1-10-14(16(21)22-17-10)9-13-3-2-8-18(13)12-6-4-11(5-7-12)15(19)20/h2-9H,1H3,(H,19,20)/b14-9-. The molecular formula is C16H12N2O4. The molecule has 22 heavy (non-hydrogen) atoms. The third-order valence-electron chi connectivity index (χ3n) is 3.34. The molecule has 1 aromatic carbocycles. The van der Waals surface area contributed by atoms with Gasteiger partial charge in [0.15, 0.2) is 0 Å². The van der Waals surface area contributed by atoms with Gasteiger partial charge in [-0.25, -0.2) is 9.59 Å². The normalized spacial score (nSPS) is 15.8. The second-order valence-electron chi connectivity index (χ2n) is 4.77. The SMILES string of the molecule is CC1=NOC(=O)/C1=C\c1cccn1-c1ccc(C(=O)O)cc1. The topological polar surface area (TPSA) is 80.9 Å². The maximum absolute atomic E-state index is 11.6. The number of aromatic nitrogens is 1. The van der Waals surface area contributed by atoms with Gasteiger partial charge in [-0.3, -0.25) is 0 Å². The Balaban J connectivity index is 1.99. The van der Waals surface area contributed by atoms with E-state index in [9.17, 15) is 9.59 Å². The van der Waals surface area contributed by atoms with Crippen LogP contribution in [-0.2, 0) is 9.63 Å². The minimum atomic E-state index is -0.970. The van der Waals surface area contributed by atoms with Crippen LogP contribution in [0, 0.1) is 0 Å². The fourth-order valence-electron chi connectivity index (χ4n) is 2.18. The number of nitrogens with zero attached hydrogens (tertiary/aromatic N) is 2. The molecular weight excluding hydrogens is 284 g/mol. The Morgan fingerprint density at radius 3 is 2.59 bits per heavy atom. The molecule has 0 bridgehead atoms. The first-order chi connectivity index (χ1) is 10.6. The van der Waals surface area contributed by atoms with Crippen LogP contribution in [0.25, 0.3) is 11.8 Å². The maximum atomic E-state index is 11.6. The number of rotatable bonds is 3. The van der Waals surface area contributed by atoms with Crippen LogP contribution in [0.3, 0.4) is 0 Å². The minimum absolute atomic E-state index is 0.221. The van der Waals surface area contributed by atoms with Crippen molar-refractivity contribution in [3.63, 3.8) is 0 Å². The second-order valence-corrected chi connectivity index (χ2v) is 4.77. The van der Waals surface area contributed by atoms with Crippen LogP contribution in [0.5, 0.6) is 0 Å². The van der Waals surface area contributed by atoms with Crippen molar-refractivity contribution in [2.24, 2.45) is 5.16 Å². The number of hydrogen-bond donors (Lipinski definition) is 1. The zero-order valence-electron chi connectivity index (χ0n) is 11.7. The van der Waals surface area contributed by atoms with Gasteiger partial charge in [0.2, 0.25) is 0 Å². The van der Waals surface area contributed by atoms with Crippen molar-refractivity contribution in [3.8, 4) is 5.69 Å². The quantitative estimate of drug-likeness (QED) is 0.697. The van der Waals surface area contributed by atoms with Crippen LogP contribution >= 0.6 is 0 Å². The van der Waals surface area contributed by atoms with Gasteiger partial charge in [-0.1, -0.05) is 5.16 Å². The molecule has 6 nitrogen and oxygen atoms in total. The number of oxime groups is 1. The van der Waals surface area contributed by atoms with Crippen molar-refractivity contribution in [1.82, 2.24) is 4.57 Å². The summed E-state index contributed by atoms with van der Waals surface area (Å²) in [6, 6.07) is 10.2. The van der Waals surface area contributed by atoms with E-state index < -0.39 is 11.9 Å². The van der Waals surface area contributed by atoms with Crippen LogP contribution < -0.4 is 0 Å². The Bertz CT molecular complexity index is 813. The van der Waals surface area contributed by atoms with Gasteiger partial charge in [0.05, 0.1) is 16.8 Å². The van der Waals surface area contributed by atoms with Crippen LogP contribution in [0.1, 0.15) is 23.0 Å². The van der Waals surface area contributed by atoms with Gasteiger partial charge in [0.1, 0.15) is 0 Å². The highest BCUT2D eigenvalue weighted by Gasteiger charge is 2.22. The predicted molar refractivity (Wildman–Crippen MR) is 79.9 cm³/mol. The molecule has 0 atom stereocenters. The van der Waals surface area contributed by atoms with Gasteiger partial charge >= 0.3 is 11.9 Å². The van der Waals surface area contributed by atoms with E-state index in [1.54, 1.807) is 25.1 Å². The molecule has 2 aromatic rings. The lowest BCUT2D eigenvalue weighted by atomic mass is 10.1. The lowest BCUT2D eigenvalue weighted by Gasteiger charge is -2.07. The van der Waals surface area contributed by atoms with Crippen molar-refractivity contribution in [2.75, 3.05) is 0 Å². The summed E-state index contributed by atoms with van der Waals surface area (Å²) in [5.41, 5.74) is 2.72. The summed E-state index contributed by atoms with van der Waals surface area (Å²) >= 11 is 0.